The SMILES string of the molecule is COc1ccccc1OCC(=O)Nc1cc(C)nn1-c1nc2ccc(C(C)(C)C)cc2s1. The molecule has 8 heteroatoms. The molecule has 0 saturated heterocycles. The van der Waals surface area contributed by atoms with Crippen molar-refractivity contribution in [3.63, 3.8) is 0 Å². The predicted molar refractivity (Wildman–Crippen MR) is 127 cm³/mol. The van der Waals surface area contributed by atoms with E-state index in [0.717, 1.165) is 15.9 Å². The molecule has 0 atom stereocenters. The van der Waals surface area contributed by atoms with Gasteiger partial charge in [0.1, 0.15) is 5.82 Å². The second-order valence-electron chi connectivity index (χ2n) is 8.50. The van der Waals surface area contributed by atoms with Gasteiger partial charge in [-0.15, -0.1) is 0 Å². The first-order valence-corrected chi connectivity index (χ1v) is 11.1. The third kappa shape index (κ3) is 4.60. The van der Waals surface area contributed by atoms with Crippen LogP contribution in [0.1, 0.15) is 32.0 Å². The number of para-hydroxylation sites is 2. The number of benzene rings is 2. The number of amides is 1. The Morgan fingerprint density at radius 3 is 2.59 bits per heavy atom. The van der Waals surface area contributed by atoms with Gasteiger partial charge < -0.3 is 14.8 Å². The molecule has 0 unspecified atom stereocenters. The van der Waals surface area contributed by atoms with Crippen LogP contribution in [0.25, 0.3) is 15.3 Å². The number of carbonyl (C=O) groups is 1. The molecule has 0 spiro atoms. The molecule has 4 rings (SSSR count). The van der Waals surface area contributed by atoms with Crippen molar-refractivity contribution in [1.82, 2.24) is 14.8 Å². The lowest BCUT2D eigenvalue weighted by Gasteiger charge is -2.18. The average molecular weight is 451 g/mol. The quantitative estimate of drug-likeness (QED) is 0.441. The van der Waals surface area contributed by atoms with Gasteiger partial charge in [0.25, 0.3) is 5.91 Å². The van der Waals surface area contributed by atoms with Gasteiger partial charge in [-0.3, -0.25) is 4.79 Å². The topological polar surface area (TPSA) is 78.3 Å². The van der Waals surface area contributed by atoms with Crippen LogP contribution in [-0.2, 0) is 10.2 Å². The first kappa shape index (κ1) is 21.8. The number of thiazole rings is 1. The number of rotatable bonds is 6. The third-order valence-electron chi connectivity index (χ3n) is 4.95. The van der Waals surface area contributed by atoms with Crippen molar-refractivity contribution in [2.45, 2.75) is 33.1 Å². The molecule has 0 bridgehead atoms. The fourth-order valence-electron chi connectivity index (χ4n) is 3.26. The lowest BCUT2D eigenvalue weighted by Crippen LogP contribution is -2.22. The van der Waals surface area contributed by atoms with Gasteiger partial charge in [-0.25, -0.2) is 4.98 Å². The zero-order valence-corrected chi connectivity index (χ0v) is 19.6. The van der Waals surface area contributed by atoms with Gasteiger partial charge >= 0.3 is 0 Å². The average Bonchev–Trinajstić information content (AvgIpc) is 3.34. The van der Waals surface area contributed by atoms with Gasteiger partial charge in [0.15, 0.2) is 18.1 Å². The molecule has 0 fully saturated rings. The molecule has 32 heavy (non-hydrogen) atoms. The molecular formula is C24H26N4O3S. The van der Waals surface area contributed by atoms with Crippen molar-refractivity contribution in [3.05, 3.63) is 59.8 Å². The van der Waals surface area contributed by atoms with Crippen molar-refractivity contribution >= 4 is 33.3 Å². The Labute approximate surface area is 191 Å². The fourth-order valence-corrected chi connectivity index (χ4v) is 4.23. The molecule has 0 aliphatic rings. The van der Waals surface area contributed by atoms with Gasteiger partial charge in [-0.2, -0.15) is 9.78 Å². The summed E-state index contributed by atoms with van der Waals surface area (Å²) < 4.78 is 13.6. The summed E-state index contributed by atoms with van der Waals surface area (Å²) in [5, 5.41) is 8.11. The first-order chi connectivity index (χ1) is 15.2. The molecule has 1 N–H and O–H groups in total. The van der Waals surface area contributed by atoms with Crippen LogP contribution in [0.15, 0.2) is 48.5 Å². The number of hydrogen-bond donors (Lipinski definition) is 1. The summed E-state index contributed by atoms with van der Waals surface area (Å²) in [5.74, 6) is 1.33. The number of nitrogens with one attached hydrogen (secondary N) is 1. The third-order valence-corrected chi connectivity index (χ3v) is 5.94. The normalized spacial score (nSPS) is 11.5. The van der Waals surface area contributed by atoms with Crippen LogP contribution < -0.4 is 14.8 Å². The summed E-state index contributed by atoms with van der Waals surface area (Å²) in [5.41, 5.74) is 2.99. The number of aromatic nitrogens is 3. The highest BCUT2D eigenvalue weighted by molar-refractivity contribution is 7.20. The number of fused-ring (bicyclic) bond motifs is 1. The smallest absolute Gasteiger partial charge is 0.263 e. The van der Waals surface area contributed by atoms with Gasteiger partial charge in [-0.05, 0) is 42.2 Å². The van der Waals surface area contributed by atoms with E-state index in [4.69, 9.17) is 14.5 Å². The molecule has 1 amide bonds. The minimum atomic E-state index is -0.298. The molecule has 0 aliphatic heterocycles. The van der Waals surface area contributed by atoms with E-state index in [1.54, 1.807) is 35.3 Å². The summed E-state index contributed by atoms with van der Waals surface area (Å²) in [6, 6.07) is 15.3. The summed E-state index contributed by atoms with van der Waals surface area (Å²) >= 11 is 1.54. The maximum Gasteiger partial charge on any atom is 0.263 e. The molecule has 7 nitrogen and oxygen atoms in total. The number of hydrogen-bond acceptors (Lipinski definition) is 6. The van der Waals surface area contributed by atoms with Crippen molar-refractivity contribution in [2.75, 3.05) is 19.0 Å². The van der Waals surface area contributed by atoms with E-state index in [1.165, 1.54) is 5.56 Å². The van der Waals surface area contributed by atoms with Crippen LogP contribution in [0.5, 0.6) is 11.5 Å². The lowest BCUT2D eigenvalue weighted by molar-refractivity contribution is -0.118. The molecule has 0 aliphatic carbocycles. The van der Waals surface area contributed by atoms with Crippen molar-refractivity contribution in [1.29, 1.82) is 0 Å². The molecule has 2 aromatic carbocycles. The minimum absolute atomic E-state index is 0.0567. The first-order valence-electron chi connectivity index (χ1n) is 10.3. The Morgan fingerprint density at radius 1 is 1.12 bits per heavy atom. The largest absolute Gasteiger partial charge is 0.493 e. The Hall–Kier alpha value is -3.39. The zero-order chi connectivity index (χ0) is 22.9. The van der Waals surface area contributed by atoms with Crippen LogP contribution >= 0.6 is 11.3 Å². The zero-order valence-electron chi connectivity index (χ0n) is 18.8. The molecule has 0 radical (unpaired) electrons. The lowest BCUT2D eigenvalue weighted by atomic mass is 9.87. The Kier molecular flexibility index (Phi) is 5.88. The van der Waals surface area contributed by atoms with E-state index in [1.807, 2.05) is 31.2 Å². The van der Waals surface area contributed by atoms with Crippen LogP contribution in [-0.4, -0.2) is 34.4 Å². The van der Waals surface area contributed by atoms with E-state index < -0.39 is 0 Å². The minimum Gasteiger partial charge on any atom is -0.493 e. The monoisotopic (exact) mass is 450 g/mol. The summed E-state index contributed by atoms with van der Waals surface area (Å²) in [7, 11) is 1.56. The van der Waals surface area contributed by atoms with E-state index in [0.29, 0.717) is 22.4 Å². The summed E-state index contributed by atoms with van der Waals surface area (Å²) in [4.78, 5) is 17.3. The molecule has 2 aromatic heterocycles. The van der Waals surface area contributed by atoms with E-state index in [2.05, 4.69) is 43.3 Å². The van der Waals surface area contributed by atoms with Crippen LogP contribution in [0.3, 0.4) is 0 Å². The van der Waals surface area contributed by atoms with Gasteiger partial charge in [0, 0.05) is 6.07 Å². The number of carbonyl (C=O) groups excluding carboxylic acids is 1. The van der Waals surface area contributed by atoms with Crippen LogP contribution in [0, 0.1) is 6.92 Å². The van der Waals surface area contributed by atoms with Crippen molar-refractivity contribution in [2.24, 2.45) is 0 Å². The predicted octanol–water partition coefficient (Wildman–Crippen LogP) is 5.11. The number of anilines is 1. The Balaban J connectivity index is 1.54. The van der Waals surface area contributed by atoms with E-state index in [9.17, 15) is 4.79 Å². The Morgan fingerprint density at radius 2 is 1.88 bits per heavy atom. The molecule has 166 valence electrons. The van der Waals surface area contributed by atoms with Gasteiger partial charge in [0.05, 0.1) is 23.0 Å². The second-order valence-corrected chi connectivity index (χ2v) is 9.51. The molecule has 0 saturated carbocycles. The molecule has 4 aromatic rings. The van der Waals surface area contributed by atoms with Crippen LogP contribution in [0.4, 0.5) is 5.82 Å². The maximum absolute atomic E-state index is 12.6. The molecular weight excluding hydrogens is 424 g/mol. The number of nitrogens with zero attached hydrogens (tertiary/aromatic N) is 3. The Bertz CT molecular complexity index is 1270. The standard InChI is InChI=1S/C24H26N4O3S/c1-15-12-21(26-22(29)14-31-19-9-7-6-8-18(19)30-5)28(27-15)23-25-17-11-10-16(24(2,3)4)13-20(17)32-23/h6-13H,14H2,1-5H3,(H,26,29). The number of ether oxygens (including phenoxy) is 2. The van der Waals surface area contributed by atoms with Crippen molar-refractivity contribution in [3.8, 4) is 16.6 Å². The van der Waals surface area contributed by atoms with Crippen molar-refractivity contribution < 1.29 is 14.3 Å². The number of aryl methyl sites for hydroxylation is 1. The summed E-state index contributed by atoms with van der Waals surface area (Å²) in [6.07, 6.45) is 0. The van der Waals surface area contributed by atoms with E-state index >= 15 is 0 Å². The highest BCUT2D eigenvalue weighted by Crippen LogP contribution is 2.32. The van der Waals surface area contributed by atoms with Gasteiger partial charge in [0.2, 0.25) is 5.13 Å². The maximum atomic E-state index is 12.6. The number of methoxy groups -OCH3 is 1. The highest BCUT2D eigenvalue weighted by Gasteiger charge is 2.18. The van der Waals surface area contributed by atoms with Crippen LogP contribution in [0.2, 0.25) is 0 Å². The van der Waals surface area contributed by atoms with E-state index in [-0.39, 0.29) is 17.9 Å². The second kappa shape index (κ2) is 8.63. The fraction of sp³-hybridized carbons (Fsp3) is 0.292. The molecule has 2 heterocycles. The highest BCUT2D eigenvalue weighted by atomic mass is 32.1. The van der Waals surface area contributed by atoms with Gasteiger partial charge in [-0.1, -0.05) is 50.3 Å². The summed E-state index contributed by atoms with van der Waals surface area (Å²) in [6.45, 7) is 8.29.